The summed E-state index contributed by atoms with van der Waals surface area (Å²) in [6, 6.07) is 7.97. The zero-order valence-corrected chi connectivity index (χ0v) is 12.7. The maximum atomic E-state index is 12.0. The number of benzene rings is 1. The molecule has 7 nitrogen and oxygen atoms in total. The number of esters is 1. The van der Waals surface area contributed by atoms with E-state index in [0.717, 1.165) is 12.8 Å². The number of nitriles is 1. The van der Waals surface area contributed by atoms with Gasteiger partial charge in [0.2, 0.25) is 5.91 Å². The molecule has 1 atom stereocenters. The number of hydrogen-bond donors (Lipinski definition) is 2. The van der Waals surface area contributed by atoms with Gasteiger partial charge < -0.3 is 15.4 Å². The van der Waals surface area contributed by atoms with Crippen LogP contribution in [0.25, 0.3) is 0 Å². The standard InChI is InChI=1S/C16H17N3O4/c1-10(15(21)19-13-6-7-13)23-16(22)11-2-4-12(5-3-11)18-14(20)8-9-17/h2-5,10,13H,6-8H2,1H3,(H,18,20)(H,19,21)/t10-/m0/s1. The van der Waals surface area contributed by atoms with Crippen LogP contribution in [-0.4, -0.2) is 29.9 Å². The first kappa shape index (κ1) is 16.5. The van der Waals surface area contributed by atoms with Crippen molar-refractivity contribution in [3.63, 3.8) is 0 Å². The molecule has 1 saturated carbocycles. The molecule has 1 aromatic rings. The van der Waals surface area contributed by atoms with Crippen LogP contribution in [0.15, 0.2) is 24.3 Å². The third-order valence-electron chi connectivity index (χ3n) is 3.22. The van der Waals surface area contributed by atoms with Gasteiger partial charge >= 0.3 is 5.97 Å². The fourth-order valence-electron chi connectivity index (χ4n) is 1.79. The number of nitrogens with one attached hydrogen (secondary N) is 2. The van der Waals surface area contributed by atoms with Gasteiger partial charge in [-0.3, -0.25) is 9.59 Å². The first-order chi connectivity index (χ1) is 11.0. The summed E-state index contributed by atoms with van der Waals surface area (Å²) in [7, 11) is 0. The third kappa shape index (κ3) is 5.11. The number of ether oxygens (including phenoxy) is 1. The molecular weight excluding hydrogens is 298 g/mol. The lowest BCUT2D eigenvalue weighted by molar-refractivity contribution is -0.129. The molecule has 0 unspecified atom stereocenters. The number of carbonyl (C=O) groups is 3. The van der Waals surface area contributed by atoms with E-state index in [1.807, 2.05) is 0 Å². The molecule has 1 aliphatic rings. The Kier molecular flexibility index (Phi) is 5.31. The molecule has 2 rings (SSSR count). The molecule has 2 amide bonds. The summed E-state index contributed by atoms with van der Waals surface area (Å²) < 4.78 is 5.11. The summed E-state index contributed by atoms with van der Waals surface area (Å²) in [5.74, 6) is -1.34. The predicted octanol–water partition coefficient (Wildman–Crippen LogP) is 1.36. The average molecular weight is 315 g/mol. The monoisotopic (exact) mass is 315 g/mol. The summed E-state index contributed by atoms with van der Waals surface area (Å²) in [6.07, 6.45) is 0.826. The molecule has 2 N–H and O–H groups in total. The first-order valence-electron chi connectivity index (χ1n) is 7.28. The van der Waals surface area contributed by atoms with E-state index in [2.05, 4.69) is 10.6 Å². The zero-order valence-electron chi connectivity index (χ0n) is 12.7. The van der Waals surface area contributed by atoms with Crippen LogP contribution in [0.4, 0.5) is 5.69 Å². The minimum absolute atomic E-state index is 0.208. The quantitative estimate of drug-likeness (QED) is 0.771. The molecule has 0 spiro atoms. The Morgan fingerprint density at radius 1 is 1.30 bits per heavy atom. The summed E-state index contributed by atoms with van der Waals surface area (Å²) in [5, 5.41) is 13.7. The van der Waals surface area contributed by atoms with Gasteiger partial charge in [-0.1, -0.05) is 0 Å². The highest BCUT2D eigenvalue weighted by molar-refractivity contribution is 5.94. The smallest absolute Gasteiger partial charge is 0.338 e. The molecule has 1 aliphatic carbocycles. The second-order valence-corrected chi connectivity index (χ2v) is 5.29. The van der Waals surface area contributed by atoms with Crippen LogP contribution in [-0.2, 0) is 14.3 Å². The minimum Gasteiger partial charge on any atom is -0.449 e. The molecule has 0 heterocycles. The van der Waals surface area contributed by atoms with Gasteiger partial charge in [0.25, 0.3) is 5.91 Å². The number of carbonyl (C=O) groups excluding carboxylic acids is 3. The van der Waals surface area contributed by atoms with E-state index in [1.165, 1.54) is 31.2 Å². The highest BCUT2D eigenvalue weighted by Crippen LogP contribution is 2.19. The predicted molar refractivity (Wildman–Crippen MR) is 81.3 cm³/mol. The Morgan fingerprint density at radius 3 is 2.52 bits per heavy atom. The first-order valence-corrected chi connectivity index (χ1v) is 7.28. The lowest BCUT2D eigenvalue weighted by atomic mass is 10.2. The Hall–Kier alpha value is -2.88. The van der Waals surface area contributed by atoms with Crippen LogP contribution in [0.1, 0.15) is 36.5 Å². The molecule has 23 heavy (non-hydrogen) atoms. The van der Waals surface area contributed by atoms with Crippen molar-refractivity contribution in [1.29, 1.82) is 5.26 Å². The van der Waals surface area contributed by atoms with Crippen molar-refractivity contribution in [3.8, 4) is 6.07 Å². The largest absolute Gasteiger partial charge is 0.449 e. The van der Waals surface area contributed by atoms with E-state index in [0.29, 0.717) is 5.69 Å². The molecule has 1 fully saturated rings. The van der Waals surface area contributed by atoms with Crippen molar-refractivity contribution >= 4 is 23.5 Å². The molecule has 0 aliphatic heterocycles. The molecule has 120 valence electrons. The summed E-state index contributed by atoms with van der Waals surface area (Å²) in [4.78, 5) is 35.0. The molecule has 7 heteroatoms. The second-order valence-electron chi connectivity index (χ2n) is 5.29. The van der Waals surface area contributed by atoms with E-state index < -0.39 is 18.0 Å². The van der Waals surface area contributed by atoms with E-state index in [1.54, 1.807) is 6.07 Å². The molecule has 0 radical (unpaired) electrons. The van der Waals surface area contributed by atoms with Crippen LogP contribution in [0.3, 0.4) is 0 Å². The van der Waals surface area contributed by atoms with Crippen LogP contribution < -0.4 is 10.6 Å². The Labute approximate surface area is 133 Å². The number of amides is 2. The van der Waals surface area contributed by atoms with Crippen molar-refractivity contribution in [2.45, 2.75) is 38.3 Å². The van der Waals surface area contributed by atoms with Gasteiger partial charge in [0.15, 0.2) is 6.10 Å². The van der Waals surface area contributed by atoms with E-state index in [4.69, 9.17) is 10.00 Å². The molecule has 0 aromatic heterocycles. The van der Waals surface area contributed by atoms with Crippen molar-refractivity contribution < 1.29 is 19.1 Å². The van der Waals surface area contributed by atoms with Crippen LogP contribution in [0.5, 0.6) is 0 Å². The van der Waals surface area contributed by atoms with Gasteiger partial charge in [0.1, 0.15) is 6.42 Å². The second kappa shape index (κ2) is 7.40. The number of hydrogen-bond acceptors (Lipinski definition) is 5. The van der Waals surface area contributed by atoms with Crippen LogP contribution >= 0.6 is 0 Å². The van der Waals surface area contributed by atoms with Crippen molar-refractivity contribution in [1.82, 2.24) is 5.32 Å². The fraction of sp³-hybridized carbons (Fsp3) is 0.375. The van der Waals surface area contributed by atoms with Gasteiger partial charge in [-0.05, 0) is 44.0 Å². The number of anilines is 1. The van der Waals surface area contributed by atoms with Crippen molar-refractivity contribution in [3.05, 3.63) is 29.8 Å². The SMILES string of the molecule is C[C@H](OC(=O)c1ccc(NC(=O)CC#N)cc1)C(=O)NC1CC1. The van der Waals surface area contributed by atoms with Gasteiger partial charge in [0, 0.05) is 11.7 Å². The Balaban J connectivity index is 1.87. The number of rotatable bonds is 6. The van der Waals surface area contributed by atoms with Crippen molar-refractivity contribution in [2.75, 3.05) is 5.32 Å². The molecule has 0 bridgehead atoms. The van der Waals surface area contributed by atoms with Crippen LogP contribution in [0.2, 0.25) is 0 Å². The maximum Gasteiger partial charge on any atom is 0.338 e. The van der Waals surface area contributed by atoms with Gasteiger partial charge in [-0.15, -0.1) is 0 Å². The Bertz CT molecular complexity index is 644. The molecular formula is C16H17N3O4. The van der Waals surface area contributed by atoms with E-state index >= 15 is 0 Å². The van der Waals surface area contributed by atoms with E-state index in [-0.39, 0.29) is 23.9 Å². The lowest BCUT2D eigenvalue weighted by Crippen LogP contribution is -2.37. The summed E-state index contributed by atoms with van der Waals surface area (Å²) >= 11 is 0. The zero-order chi connectivity index (χ0) is 16.8. The highest BCUT2D eigenvalue weighted by Gasteiger charge is 2.27. The van der Waals surface area contributed by atoms with Gasteiger partial charge in [0.05, 0.1) is 11.6 Å². The normalized spacial score (nSPS) is 14.3. The number of nitrogens with zero attached hydrogens (tertiary/aromatic N) is 1. The molecule has 0 saturated heterocycles. The van der Waals surface area contributed by atoms with Gasteiger partial charge in [-0.25, -0.2) is 4.79 Å². The lowest BCUT2D eigenvalue weighted by Gasteiger charge is -2.13. The topological polar surface area (TPSA) is 108 Å². The summed E-state index contributed by atoms with van der Waals surface area (Å²) in [6.45, 7) is 1.52. The van der Waals surface area contributed by atoms with Crippen LogP contribution in [0, 0.1) is 11.3 Å². The molecule has 1 aromatic carbocycles. The minimum atomic E-state index is -0.863. The van der Waals surface area contributed by atoms with E-state index in [9.17, 15) is 14.4 Å². The Morgan fingerprint density at radius 2 is 1.96 bits per heavy atom. The maximum absolute atomic E-state index is 12.0. The van der Waals surface area contributed by atoms with Crippen molar-refractivity contribution in [2.24, 2.45) is 0 Å². The third-order valence-corrected chi connectivity index (χ3v) is 3.22. The average Bonchev–Trinajstić information content (AvgIpc) is 3.32. The highest BCUT2D eigenvalue weighted by atomic mass is 16.5. The summed E-state index contributed by atoms with van der Waals surface area (Å²) in [5.41, 5.74) is 0.746. The van der Waals surface area contributed by atoms with Gasteiger partial charge in [-0.2, -0.15) is 5.26 Å². The fourth-order valence-corrected chi connectivity index (χ4v) is 1.79.